The Morgan fingerprint density at radius 2 is 2.36 bits per heavy atom. The van der Waals surface area contributed by atoms with Crippen LogP contribution < -0.4 is 0 Å². The maximum atomic E-state index is 10.9. The van der Waals surface area contributed by atoms with Gasteiger partial charge in [-0.05, 0) is 18.8 Å². The van der Waals surface area contributed by atoms with Crippen LogP contribution in [0, 0.1) is 5.92 Å². The third-order valence-electron chi connectivity index (χ3n) is 2.05. The number of rotatable bonds is 2. The van der Waals surface area contributed by atoms with E-state index in [4.69, 9.17) is 5.11 Å². The van der Waals surface area contributed by atoms with E-state index in [1.165, 1.54) is 0 Å². The number of aliphatic carboxylic acids is 1. The molecule has 0 amide bonds. The quantitative estimate of drug-likeness (QED) is 0.654. The zero-order valence-corrected chi connectivity index (χ0v) is 6.38. The van der Waals surface area contributed by atoms with Crippen LogP contribution in [-0.2, 0) is 9.59 Å². The molecule has 0 radical (unpaired) electrons. The van der Waals surface area contributed by atoms with Gasteiger partial charge < -0.3 is 5.11 Å². The van der Waals surface area contributed by atoms with Crippen molar-refractivity contribution in [3.63, 3.8) is 0 Å². The van der Waals surface area contributed by atoms with Crippen molar-refractivity contribution in [2.75, 3.05) is 0 Å². The van der Waals surface area contributed by atoms with E-state index in [0.717, 1.165) is 12.8 Å². The minimum atomic E-state index is -0.787. The fourth-order valence-corrected chi connectivity index (χ4v) is 1.54. The topological polar surface area (TPSA) is 54.4 Å². The summed E-state index contributed by atoms with van der Waals surface area (Å²) in [7, 11) is 0. The fourth-order valence-electron chi connectivity index (χ4n) is 1.54. The molecule has 3 nitrogen and oxygen atoms in total. The lowest BCUT2D eigenvalue weighted by Crippen LogP contribution is -2.17. The fraction of sp³-hybridized carbons (Fsp3) is 0.750. The molecular weight excluding hydrogens is 144 g/mol. The molecule has 0 saturated heterocycles. The van der Waals surface area contributed by atoms with Crippen molar-refractivity contribution in [3.8, 4) is 0 Å². The van der Waals surface area contributed by atoms with Gasteiger partial charge in [-0.3, -0.25) is 9.59 Å². The van der Waals surface area contributed by atoms with Crippen molar-refractivity contribution in [1.82, 2.24) is 0 Å². The molecule has 3 heteroatoms. The van der Waals surface area contributed by atoms with Gasteiger partial charge in [0, 0.05) is 19.3 Å². The Balaban J connectivity index is 2.34. The zero-order chi connectivity index (χ0) is 8.27. The Morgan fingerprint density at radius 1 is 1.64 bits per heavy atom. The molecule has 0 aromatic carbocycles. The monoisotopic (exact) mass is 156 g/mol. The summed E-state index contributed by atoms with van der Waals surface area (Å²) >= 11 is 0. The van der Waals surface area contributed by atoms with Gasteiger partial charge in [0.1, 0.15) is 5.78 Å². The van der Waals surface area contributed by atoms with Crippen molar-refractivity contribution in [1.29, 1.82) is 0 Å². The summed E-state index contributed by atoms with van der Waals surface area (Å²) in [6.45, 7) is 0. The normalized spacial score (nSPS) is 25.1. The number of hydrogen-bond donors (Lipinski definition) is 1. The molecule has 0 unspecified atom stereocenters. The minimum absolute atomic E-state index is 0.105. The van der Waals surface area contributed by atoms with E-state index < -0.39 is 5.97 Å². The van der Waals surface area contributed by atoms with Crippen molar-refractivity contribution >= 4 is 11.8 Å². The molecule has 1 aliphatic rings. The summed E-state index contributed by atoms with van der Waals surface area (Å²) in [5, 5.41) is 8.44. The SMILES string of the molecule is O=C(O)C[C@@H]1CCCC(=O)C1. The van der Waals surface area contributed by atoms with Crippen LogP contribution in [0.5, 0.6) is 0 Å². The third kappa shape index (κ3) is 2.70. The Bertz CT molecular complexity index is 172. The summed E-state index contributed by atoms with van der Waals surface area (Å²) in [6, 6.07) is 0. The van der Waals surface area contributed by atoms with Crippen molar-refractivity contribution in [2.45, 2.75) is 32.1 Å². The Labute approximate surface area is 65.4 Å². The van der Waals surface area contributed by atoms with Gasteiger partial charge in [-0.1, -0.05) is 0 Å². The highest BCUT2D eigenvalue weighted by molar-refractivity contribution is 5.80. The van der Waals surface area contributed by atoms with Crippen LogP contribution >= 0.6 is 0 Å². The molecule has 1 saturated carbocycles. The van der Waals surface area contributed by atoms with Crippen LogP contribution in [0.25, 0.3) is 0 Å². The summed E-state index contributed by atoms with van der Waals surface area (Å²) in [5.74, 6) is -0.457. The van der Waals surface area contributed by atoms with Crippen LogP contribution in [0.4, 0.5) is 0 Å². The van der Waals surface area contributed by atoms with Crippen LogP contribution in [0.1, 0.15) is 32.1 Å². The van der Waals surface area contributed by atoms with Gasteiger partial charge in [-0.15, -0.1) is 0 Å². The first kappa shape index (κ1) is 8.24. The van der Waals surface area contributed by atoms with Crippen molar-refractivity contribution in [3.05, 3.63) is 0 Å². The maximum absolute atomic E-state index is 10.9. The van der Waals surface area contributed by atoms with Crippen LogP contribution in [0.15, 0.2) is 0 Å². The van der Waals surface area contributed by atoms with E-state index in [2.05, 4.69) is 0 Å². The highest BCUT2D eigenvalue weighted by Gasteiger charge is 2.21. The van der Waals surface area contributed by atoms with Gasteiger partial charge in [0.15, 0.2) is 0 Å². The number of carbonyl (C=O) groups is 2. The first-order valence-electron chi connectivity index (χ1n) is 3.92. The van der Waals surface area contributed by atoms with Crippen LogP contribution in [0.2, 0.25) is 0 Å². The average Bonchev–Trinajstić information content (AvgIpc) is 1.85. The lowest BCUT2D eigenvalue weighted by atomic mass is 9.86. The molecule has 11 heavy (non-hydrogen) atoms. The number of hydrogen-bond acceptors (Lipinski definition) is 2. The van der Waals surface area contributed by atoms with Gasteiger partial charge in [0.05, 0.1) is 0 Å². The summed E-state index contributed by atoms with van der Waals surface area (Å²) in [6.07, 6.45) is 3.06. The second kappa shape index (κ2) is 3.51. The van der Waals surface area contributed by atoms with Crippen molar-refractivity contribution < 1.29 is 14.7 Å². The summed E-state index contributed by atoms with van der Waals surface area (Å²) in [4.78, 5) is 21.1. The molecule has 0 aliphatic heterocycles. The molecule has 1 fully saturated rings. The van der Waals surface area contributed by atoms with E-state index in [9.17, 15) is 9.59 Å². The Kier molecular flexibility index (Phi) is 2.63. The first-order chi connectivity index (χ1) is 5.18. The standard InChI is InChI=1S/C8H12O3/c9-7-3-1-2-6(4-7)5-8(10)11/h6H,1-5H2,(H,10,11)/t6-/m1/s1. The lowest BCUT2D eigenvalue weighted by Gasteiger charge is -2.18. The van der Waals surface area contributed by atoms with E-state index in [1.807, 2.05) is 0 Å². The molecule has 1 atom stereocenters. The summed E-state index contributed by atoms with van der Waals surface area (Å²) < 4.78 is 0. The molecule has 62 valence electrons. The predicted octanol–water partition coefficient (Wildman–Crippen LogP) is 1.22. The Morgan fingerprint density at radius 3 is 2.91 bits per heavy atom. The number of carbonyl (C=O) groups excluding carboxylic acids is 1. The molecule has 0 aromatic heterocycles. The molecule has 0 aromatic rings. The second-order valence-electron chi connectivity index (χ2n) is 3.10. The molecule has 1 aliphatic carbocycles. The van der Waals surface area contributed by atoms with E-state index in [-0.39, 0.29) is 18.1 Å². The number of Topliss-reactive ketones (excluding diaryl/α,β-unsaturated/α-hetero) is 1. The average molecular weight is 156 g/mol. The third-order valence-corrected chi connectivity index (χ3v) is 2.05. The molecule has 0 bridgehead atoms. The van der Waals surface area contributed by atoms with Crippen LogP contribution in [0.3, 0.4) is 0 Å². The number of carboxylic acid groups (broad SMARTS) is 1. The van der Waals surface area contributed by atoms with Gasteiger partial charge in [-0.2, -0.15) is 0 Å². The molecule has 0 heterocycles. The number of ketones is 1. The predicted molar refractivity (Wildman–Crippen MR) is 39.2 cm³/mol. The van der Waals surface area contributed by atoms with Crippen LogP contribution in [-0.4, -0.2) is 16.9 Å². The maximum Gasteiger partial charge on any atom is 0.303 e. The zero-order valence-electron chi connectivity index (χ0n) is 6.38. The highest BCUT2D eigenvalue weighted by Crippen LogP contribution is 2.23. The second-order valence-corrected chi connectivity index (χ2v) is 3.10. The lowest BCUT2D eigenvalue weighted by molar-refractivity contribution is -0.138. The van der Waals surface area contributed by atoms with Gasteiger partial charge >= 0.3 is 5.97 Å². The van der Waals surface area contributed by atoms with E-state index in [0.29, 0.717) is 12.8 Å². The first-order valence-corrected chi connectivity index (χ1v) is 3.92. The largest absolute Gasteiger partial charge is 0.481 e. The van der Waals surface area contributed by atoms with Gasteiger partial charge in [0.2, 0.25) is 0 Å². The minimum Gasteiger partial charge on any atom is -0.481 e. The van der Waals surface area contributed by atoms with Gasteiger partial charge in [-0.25, -0.2) is 0 Å². The summed E-state index contributed by atoms with van der Waals surface area (Å²) in [5.41, 5.74) is 0. The van der Waals surface area contributed by atoms with Crippen molar-refractivity contribution in [2.24, 2.45) is 5.92 Å². The van der Waals surface area contributed by atoms with E-state index in [1.54, 1.807) is 0 Å². The van der Waals surface area contributed by atoms with E-state index >= 15 is 0 Å². The number of carboxylic acids is 1. The molecule has 1 N–H and O–H groups in total. The highest BCUT2D eigenvalue weighted by atomic mass is 16.4. The molecule has 1 rings (SSSR count). The molecular formula is C8H12O3. The van der Waals surface area contributed by atoms with Gasteiger partial charge in [0.25, 0.3) is 0 Å². The Hall–Kier alpha value is -0.860. The molecule has 0 spiro atoms. The smallest absolute Gasteiger partial charge is 0.303 e.